The highest BCUT2D eigenvalue weighted by Crippen LogP contribution is 2.18. The Balaban J connectivity index is 1.61. The Morgan fingerprint density at radius 3 is 2.44 bits per heavy atom. The molecule has 0 fully saturated rings. The summed E-state index contributed by atoms with van der Waals surface area (Å²) in [6.45, 7) is 6.64. The van der Waals surface area contributed by atoms with Gasteiger partial charge in [-0.3, -0.25) is 4.79 Å². The van der Waals surface area contributed by atoms with Crippen molar-refractivity contribution in [3.8, 4) is 0 Å². The second-order valence-electron chi connectivity index (χ2n) is 8.75. The molecule has 5 nitrogen and oxygen atoms in total. The molecule has 34 heavy (non-hydrogen) atoms. The van der Waals surface area contributed by atoms with Crippen molar-refractivity contribution in [3.05, 3.63) is 111 Å². The van der Waals surface area contributed by atoms with Crippen LogP contribution in [0, 0.1) is 26.6 Å². The first-order valence-electron chi connectivity index (χ1n) is 11.3. The minimum absolute atomic E-state index is 0.150. The van der Waals surface area contributed by atoms with Crippen molar-refractivity contribution in [3.63, 3.8) is 0 Å². The number of rotatable bonds is 6. The molecule has 0 saturated carbocycles. The number of carbonyl (C=O) groups excluding carboxylic acids is 1. The number of carbonyl (C=O) groups is 1. The maximum atomic E-state index is 13.3. The summed E-state index contributed by atoms with van der Waals surface area (Å²) in [5.41, 5.74) is 6.06. The molecule has 6 heteroatoms. The van der Waals surface area contributed by atoms with E-state index in [1.807, 2.05) is 57.2 Å². The molecule has 0 aliphatic heterocycles. The third-order valence-corrected chi connectivity index (χ3v) is 6.03. The topological polar surface area (TPSA) is 65.2 Å². The molecule has 2 N–H and O–H groups in total. The predicted octanol–water partition coefficient (Wildman–Crippen LogP) is 5.87. The fourth-order valence-electron chi connectivity index (χ4n) is 3.96. The van der Waals surface area contributed by atoms with Gasteiger partial charge in [-0.25, -0.2) is 9.18 Å². The maximum absolute atomic E-state index is 13.3. The maximum Gasteiger partial charge on any atom is 0.322 e. The van der Waals surface area contributed by atoms with Crippen LogP contribution in [-0.2, 0) is 13.0 Å². The lowest BCUT2D eigenvalue weighted by Gasteiger charge is -2.23. The Kier molecular flexibility index (Phi) is 6.77. The molecule has 0 aliphatic rings. The Labute approximate surface area is 198 Å². The van der Waals surface area contributed by atoms with E-state index in [0.29, 0.717) is 24.2 Å². The van der Waals surface area contributed by atoms with Gasteiger partial charge in [0.25, 0.3) is 5.56 Å². The smallest absolute Gasteiger partial charge is 0.322 e. The second-order valence-corrected chi connectivity index (χ2v) is 8.75. The molecule has 174 valence electrons. The van der Waals surface area contributed by atoms with E-state index in [9.17, 15) is 14.0 Å². The molecule has 0 atom stereocenters. The zero-order valence-electron chi connectivity index (χ0n) is 19.6. The summed E-state index contributed by atoms with van der Waals surface area (Å²) in [5, 5.41) is 3.74. The lowest BCUT2D eigenvalue weighted by atomic mass is 10.0. The molecule has 0 bridgehead atoms. The van der Waals surface area contributed by atoms with Gasteiger partial charge in [-0.1, -0.05) is 29.8 Å². The van der Waals surface area contributed by atoms with Crippen molar-refractivity contribution in [2.45, 2.75) is 33.7 Å². The zero-order chi connectivity index (χ0) is 24.2. The van der Waals surface area contributed by atoms with E-state index in [1.165, 1.54) is 24.3 Å². The van der Waals surface area contributed by atoms with Crippen LogP contribution in [0.25, 0.3) is 10.9 Å². The van der Waals surface area contributed by atoms with Crippen LogP contribution in [0.1, 0.15) is 27.8 Å². The monoisotopic (exact) mass is 457 g/mol. The average Bonchev–Trinajstić information content (AvgIpc) is 2.79. The van der Waals surface area contributed by atoms with Crippen molar-refractivity contribution in [2.75, 3.05) is 11.9 Å². The van der Waals surface area contributed by atoms with Gasteiger partial charge in [-0.2, -0.15) is 0 Å². The summed E-state index contributed by atoms with van der Waals surface area (Å²) in [5.74, 6) is -0.373. The summed E-state index contributed by atoms with van der Waals surface area (Å²) >= 11 is 0. The lowest BCUT2D eigenvalue weighted by Crippen LogP contribution is -2.37. The van der Waals surface area contributed by atoms with Crippen molar-refractivity contribution >= 4 is 22.6 Å². The van der Waals surface area contributed by atoms with Gasteiger partial charge in [0.15, 0.2) is 0 Å². The molecular formula is C28H28FN3O2. The van der Waals surface area contributed by atoms with Crippen LogP contribution in [0.2, 0.25) is 0 Å². The number of hydrogen-bond donors (Lipinski definition) is 2. The van der Waals surface area contributed by atoms with Gasteiger partial charge in [0.1, 0.15) is 5.82 Å². The van der Waals surface area contributed by atoms with Crippen LogP contribution < -0.4 is 10.9 Å². The number of amides is 2. The number of hydrogen-bond acceptors (Lipinski definition) is 2. The molecular weight excluding hydrogens is 429 g/mol. The molecule has 0 unspecified atom stereocenters. The molecule has 0 spiro atoms. The number of H-pyrrole nitrogens is 1. The van der Waals surface area contributed by atoms with Crippen molar-refractivity contribution in [1.29, 1.82) is 0 Å². The van der Waals surface area contributed by atoms with Gasteiger partial charge in [-0.15, -0.1) is 0 Å². The molecule has 1 aromatic heterocycles. The van der Waals surface area contributed by atoms with Gasteiger partial charge < -0.3 is 15.2 Å². The fourth-order valence-corrected chi connectivity index (χ4v) is 3.96. The Morgan fingerprint density at radius 2 is 1.71 bits per heavy atom. The second kappa shape index (κ2) is 9.91. The predicted molar refractivity (Wildman–Crippen MR) is 135 cm³/mol. The number of nitrogens with zero attached hydrogens (tertiary/aromatic N) is 1. The number of halogens is 1. The number of anilines is 1. The largest absolute Gasteiger partial charge is 0.322 e. The summed E-state index contributed by atoms with van der Waals surface area (Å²) in [6.07, 6.45) is 0.641. The number of benzene rings is 3. The SMILES string of the molecule is Cc1cccc(CCN(Cc2cc3cc(C)c(C)cc3[nH]c2=O)C(=O)Nc2ccc(F)cc2)c1. The number of fused-ring (bicyclic) bond motifs is 1. The van der Waals surface area contributed by atoms with E-state index in [4.69, 9.17) is 0 Å². The highest BCUT2D eigenvalue weighted by atomic mass is 19.1. The third kappa shape index (κ3) is 5.52. The van der Waals surface area contributed by atoms with Crippen LogP contribution in [0.3, 0.4) is 0 Å². The lowest BCUT2D eigenvalue weighted by molar-refractivity contribution is 0.209. The summed E-state index contributed by atoms with van der Waals surface area (Å²) < 4.78 is 13.3. The summed E-state index contributed by atoms with van der Waals surface area (Å²) in [7, 11) is 0. The van der Waals surface area contributed by atoms with E-state index in [2.05, 4.69) is 16.4 Å². The minimum atomic E-state index is -0.373. The van der Waals surface area contributed by atoms with Crippen LogP contribution in [0.5, 0.6) is 0 Å². The number of urea groups is 1. The van der Waals surface area contributed by atoms with Gasteiger partial charge >= 0.3 is 6.03 Å². The number of nitrogens with one attached hydrogen (secondary N) is 2. The van der Waals surface area contributed by atoms with Crippen LogP contribution in [0.15, 0.2) is 71.5 Å². The van der Waals surface area contributed by atoms with E-state index < -0.39 is 0 Å². The molecule has 4 aromatic rings. The molecule has 0 aliphatic carbocycles. The van der Waals surface area contributed by atoms with E-state index in [0.717, 1.165) is 33.2 Å². The molecule has 0 radical (unpaired) electrons. The Hall–Kier alpha value is -3.93. The molecule has 2 amide bonds. The summed E-state index contributed by atoms with van der Waals surface area (Å²) in [4.78, 5) is 30.6. The van der Waals surface area contributed by atoms with Gasteiger partial charge in [0.05, 0.1) is 6.54 Å². The number of aromatic amines is 1. The van der Waals surface area contributed by atoms with Crippen molar-refractivity contribution in [1.82, 2.24) is 9.88 Å². The molecule has 0 saturated heterocycles. The van der Waals surface area contributed by atoms with Gasteiger partial charge in [0.2, 0.25) is 0 Å². The third-order valence-electron chi connectivity index (χ3n) is 6.03. The normalized spacial score (nSPS) is 10.9. The van der Waals surface area contributed by atoms with E-state index in [1.54, 1.807) is 4.90 Å². The van der Waals surface area contributed by atoms with Crippen LogP contribution in [-0.4, -0.2) is 22.5 Å². The average molecular weight is 458 g/mol. The number of aromatic nitrogens is 1. The number of aryl methyl sites for hydroxylation is 3. The van der Waals surface area contributed by atoms with Gasteiger partial charge in [0, 0.05) is 23.3 Å². The highest BCUT2D eigenvalue weighted by Gasteiger charge is 2.17. The van der Waals surface area contributed by atoms with Crippen LogP contribution >= 0.6 is 0 Å². The minimum Gasteiger partial charge on any atom is -0.322 e. The zero-order valence-corrected chi connectivity index (χ0v) is 19.6. The molecule has 4 rings (SSSR count). The highest BCUT2D eigenvalue weighted by molar-refractivity contribution is 5.89. The standard InChI is InChI=1S/C28H28FN3O2/c1-18-5-4-6-21(13-18)11-12-32(28(34)30-25-9-7-24(29)8-10-25)17-23-16-22-14-19(2)20(3)15-26(22)31-27(23)33/h4-10,13-16H,11-12,17H2,1-3H3,(H,30,34)(H,31,33). The fraction of sp³-hybridized carbons (Fsp3) is 0.214. The first-order valence-corrected chi connectivity index (χ1v) is 11.3. The van der Waals surface area contributed by atoms with E-state index >= 15 is 0 Å². The van der Waals surface area contributed by atoms with Crippen molar-refractivity contribution in [2.24, 2.45) is 0 Å². The first kappa shape index (κ1) is 23.2. The molecule has 1 heterocycles. The molecule has 3 aromatic carbocycles. The van der Waals surface area contributed by atoms with Crippen molar-refractivity contribution < 1.29 is 9.18 Å². The quantitative estimate of drug-likeness (QED) is 0.380. The van der Waals surface area contributed by atoms with E-state index in [-0.39, 0.29) is 24.0 Å². The van der Waals surface area contributed by atoms with Crippen LogP contribution in [0.4, 0.5) is 14.9 Å². The Bertz CT molecular complexity index is 1390. The number of pyridine rings is 1. The Morgan fingerprint density at radius 1 is 0.971 bits per heavy atom. The summed E-state index contributed by atoms with van der Waals surface area (Å²) in [6, 6.07) is 19.3. The van der Waals surface area contributed by atoms with Gasteiger partial charge in [-0.05, 0) is 91.7 Å². The first-order chi connectivity index (χ1) is 16.3.